The van der Waals surface area contributed by atoms with E-state index in [2.05, 4.69) is 0 Å². The van der Waals surface area contributed by atoms with Gasteiger partial charge in [-0.05, 0) is 6.42 Å². The van der Waals surface area contributed by atoms with Crippen molar-refractivity contribution < 1.29 is 22.0 Å². The van der Waals surface area contributed by atoms with Gasteiger partial charge in [0.2, 0.25) is 0 Å². The number of piperidine rings is 1. The Morgan fingerprint density at radius 2 is 1.42 bits per heavy atom. The van der Waals surface area contributed by atoms with Gasteiger partial charge in [-0.3, -0.25) is 0 Å². The minimum atomic E-state index is -3.71. The van der Waals surface area contributed by atoms with Crippen molar-refractivity contribution in [3.8, 4) is 0 Å². The van der Waals surface area contributed by atoms with Crippen LogP contribution in [0, 0.1) is 0 Å². The Morgan fingerprint density at radius 3 is 1.67 bits per heavy atom. The molecule has 1 nitrogen and oxygen atoms in total. The van der Waals surface area contributed by atoms with Crippen molar-refractivity contribution in [3.05, 3.63) is 0 Å². The number of hydrogen-bond acceptors (Lipinski definition) is 1. The van der Waals surface area contributed by atoms with Crippen LogP contribution in [0.4, 0.5) is 22.0 Å². The van der Waals surface area contributed by atoms with E-state index >= 15 is 0 Å². The first kappa shape index (κ1) is 9.70. The molecule has 0 amide bonds. The number of hydrogen-bond donors (Lipinski definition) is 0. The molecule has 12 heavy (non-hydrogen) atoms. The fourth-order valence-corrected chi connectivity index (χ4v) is 1.20. The van der Waals surface area contributed by atoms with Crippen LogP contribution in [0.1, 0.15) is 19.3 Å². The van der Waals surface area contributed by atoms with E-state index in [0.29, 0.717) is 0 Å². The minimum absolute atomic E-state index is 0.281. The molecule has 72 valence electrons. The molecule has 1 aliphatic heterocycles. The number of halogens is 5. The van der Waals surface area contributed by atoms with Gasteiger partial charge < -0.3 is 0 Å². The SMILES string of the molecule is FCN1C(F)(F)CCCC1(F)F. The van der Waals surface area contributed by atoms with Crippen molar-refractivity contribution >= 4 is 0 Å². The molecule has 1 fully saturated rings. The third kappa shape index (κ3) is 1.53. The summed E-state index contributed by atoms with van der Waals surface area (Å²) < 4.78 is 62.1. The normalized spacial score (nSPS) is 28.8. The minimum Gasteiger partial charge on any atom is -0.233 e. The first-order chi connectivity index (χ1) is 5.40. The zero-order chi connectivity index (χ0) is 9.41. The lowest BCUT2D eigenvalue weighted by Gasteiger charge is -2.38. The quantitative estimate of drug-likeness (QED) is 0.452. The standard InChI is InChI=1S/C6H8F5N/c7-4-12-5(8,9)2-1-3-6(12,10)11/h1-4H2. The van der Waals surface area contributed by atoms with E-state index in [4.69, 9.17) is 0 Å². The number of rotatable bonds is 1. The summed E-state index contributed by atoms with van der Waals surface area (Å²) in [6, 6.07) is -7.42. The van der Waals surface area contributed by atoms with Crippen LogP contribution in [-0.4, -0.2) is 23.8 Å². The Hall–Kier alpha value is -0.390. The first-order valence-corrected chi connectivity index (χ1v) is 3.49. The largest absolute Gasteiger partial charge is 0.311 e. The van der Waals surface area contributed by atoms with Crippen molar-refractivity contribution in [3.63, 3.8) is 0 Å². The maximum atomic E-state index is 12.6. The van der Waals surface area contributed by atoms with E-state index in [-0.39, 0.29) is 6.42 Å². The van der Waals surface area contributed by atoms with E-state index in [1.807, 2.05) is 0 Å². The fraction of sp³-hybridized carbons (Fsp3) is 1.00. The van der Waals surface area contributed by atoms with Gasteiger partial charge in [0.25, 0.3) is 0 Å². The van der Waals surface area contributed by atoms with E-state index in [9.17, 15) is 22.0 Å². The Balaban J connectivity index is 2.81. The number of alkyl halides is 5. The molecule has 1 saturated heterocycles. The molecule has 0 atom stereocenters. The summed E-state index contributed by atoms with van der Waals surface area (Å²) >= 11 is 0. The molecule has 0 aromatic carbocycles. The van der Waals surface area contributed by atoms with Gasteiger partial charge in [0, 0.05) is 12.8 Å². The third-order valence-electron chi connectivity index (χ3n) is 1.86. The molecule has 0 bridgehead atoms. The Kier molecular flexibility index (Phi) is 2.29. The summed E-state index contributed by atoms with van der Waals surface area (Å²) in [4.78, 5) is -0.691. The summed E-state index contributed by atoms with van der Waals surface area (Å²) in [6.45, 7) is -1.82. The summed E-state index contributed by atoms with van der Waals surface area (Å²) in [5.74, 6) is 0. The molecule has 0 aromatic rings. The zero-order valence-corrected chi connectivity index (χ0v) is 6.17. The van der Waals surface area contributed by atoms with Crippen LogP contribution in [-0.2, 0) is 0 Å². The highest BCUT2D eigenvalue weighted by Gasteiger charge is 2.54. The maximum absolute atomic E-state index is 12.6. The van der Waals surface area contributed by atoms with Crippen molar-refractivity contribution in [2.75, 3.05) is 6.80 Å². The highest BCUT2D eigenvalue weighted by atomic mass is 19.3. The molecule has 1 heterocycles. The van der Waals surface area contributed by atoms with E-state index in [1.54, 1.807) is 0 Å². The van der Waals surface area contributed by atoms with Gasteiger partial charge in [0.05, 0.1) is 0 Å². The molecule has 0 aromatic heterocycles. The van der Waals surface area contributed by atoms with Gasteiger partial charge in [-0.1, -0.05) is 0 Å². The Labute approximate surface area is 66.1 Å². The van der Waals surface area contributed by atoms with Gasteiger partial charge >= 0.3 is 12.1 Å². The molecular formula is C6H8F5N. The lowest BCUT2D eigenvalue weighted by molar-refractivity contribution is -0.309. The van der Waals surface area contributed by atoms with E-state index < -0.39 is 36.6 Å². The summed E-state index contributed by atoms with van der Waals surface area (Å²) in [5, 5.41) is 0. The van der Waals surface area contributed by atoms with Gasteiger partial charge in [-0.15, -0.1) is 0 Å². The average Bonchev–Trinajstić information content (AvgIpc) is 1.83. The molecule has 0 aliphatic carbocycles. The Bertz CT molecular complexity index is 153. The van der Waals surface area contributed by atoms with E-state index in [1.165, 1.54) is 0 Å². The molecule has 0 unspecified atom stereocenters. The lowest BCUT2D eigenvalue weighted by Crippen LogP contribution is -2.55. The highest BCUT2D eigenvalue weighted by molar-refractivity contribution is 4.81. The molecule has 1 rings (SSSR count). The number of nitrogens with zero attached hydrogens (tertiary/aromatic N) is 1. The second-order valence-electron chi connectivity index (χ2n) is 2.73. The fourth-order valence-electron chi connectivity index (χ4n) is 1.20. The smallest absolute Gasteiger partial charge is 0.233 e. The van der Waals surface area contributed by atoms with Gasteiger partial charge in [0.1, 0.15) is 0 Å². The highest BCUT2D eigenvalue weighted by Crippen LogP contribution is 2.42. The molecule has 6 heteroatoms. The van der Waals surface area contributed by atoms with Gasteiger partial charge in [-0.2, -0.15) is 22.5 Å². The molecule has 0 radical (unpaired) electrons. The van der Waals surface area contributed by atoms with Gasteiger partial charge in [0.15, 0.2) is 6.80 Å². The molecule has 0 saturated carbocycles. The second-order valence-corrected chi connectivity index (χ2v) is 2.73. The van der Waals surface area contributed by atoms with Crippen LogP contribution < -0.4 is 0 Å². The van der Waals surface area contributed by atoms with E-state index in [0.717, 1.165) is 0 Å². The lowest BCUT2D eigenvalue weighted by atomic mass is 10.1. The second kappa shape index (κ2) is 2.83. The molecule has 1 aliphatic rings. The zero-order valence-electron chi connectivity index (χ0n) is 6.17. The Morgan fingerprint density at radius 1 is 1.00 bits per heavy atom. The third-order valence-corrected chi connectivity index (χ3v) is 1.86. The van der Waals surface area contributed by atoms with Crippen molar-refractivity contribution in [1.29, 1.82) is 0 Å². The summed E-state index contributed by atoms with van der Waals surface area (Å²) in [7, 11) is 0. The maximum Gasteiger partial charge on any atom is 0.311 e. The summed E-state index contributed by atoms with van der Waals surface area (Å²) in [5.41, 5.74) is 0. The first-order valence-electron chi connectivity index (χ1n) is 3.49. The van der Waals surface area contributed by atoms with Crippen molar-refractivity contribution in [2.24, 2.45) is 0 Å². The average molecular weight is 189 g/mol. The van der Waals surface area contributed by atoms with Crippen LogP contribution in [0.5, 0.6) is 0 Å². The predicted molar refractivity (Wildman–Crippen MR) is 31.6 cm³/mol. The van der Waals surface area contributed by atoms with Crippen LogP contribution in [0.3, 0.4) is 0 Å². The molecule has 0 spiro atoms. The van der Waals surface area contributed by atoms with Crippen LogP contribution >= 0.6 is 0 Å². The van der Waals surface area contributed by atoms with Gasteiger partial charge in [-0.25, -0.2) is 4.39 Å². The molecular weight excluding hydrogens is 181 g/mol. The topological polar surface area (TPSA) is 3.24 Å². The molecule has 0 N–H and O–H groups in total. The van der Waals surface area contributed by atoms with Crippen LogP contribution in [0.15, 0.2) is 0 Å². The summed E-state index contributed by atoms with van der Waals surface area (Å²) in [6.07, 6.45) is -1.69. The van der Waals surface area contributed by atoms with Crippen molar-refractivity contribution in [1.82, 2.24) is 4.90 Å². The van der Waals surface area contributed by atoms with Crippen LogP contribution in [0.25, 0.3) is 0 Å². The number of likely N-dealkylation sites (tertiary alicyclic amines) is 1. The monoisotopic (exact) mass is 189 g/mol. The van der Waals surface area contributed by atoms with Crippen LogP contribution in [0.2, 0.25) is 0 Å². The predicted octanol–water partition coefficient (Wildman–Crippen LogP) is 2.58. The van der Waals surface area contributed by atoms with Crippen molar-refractivity contribution in [2.45, 2.75) is 31.4 Å².